The Morgan fingerprint density at radius 2 is 2.04 bits per heavy atom. The van der Waals surface area contributed by atoms with Gasteiger partial charge in [-0.1, -0.05) is 24.3 Å². The maximum atomic E-state index is 12.6. The molecule has 1 amide bonds. The van der Waals surface area contributed by atoms with Crippen molar-refractivity contribution in [1.82, 2.24) is 0 Å². The molecule has 142 valence electrons. The standard InChI is InChI=1S/C21H23NO4S/c23-20(24)8-10-27-14-15-3-1-6-19(11-15)22-21(25)17-5-2-4-16(12-17)18-7-9-26-13-18/h1-6,11-12,18H,7-10,13-14H2,(H,22,25)(H,23,24). The summed E-state index contributed by atoms with van der Waals surface area (Å²) in [6.45, 7) is 1.49. The summed E-state index contributed by atoms with van der Waals surface area (Å²) in [7, 11) is 0. The van der Waals surface area contributed by atoms with E-state index in [1.54, 1.807) is 11.8 Å². The molecule has 1 atom stereocenters. The molecule has 1 heterocycles. The van der Waals surface area contributed by atoms with E-state index in [0.717, 1.165) is 29.8 Å². The number of ether oxygens (including phenoxy) is 1. The highest BCUT2D eigenvalue weighted by Gasteiger charge is 2.18. The van der Waals surface area contributed by atoms with Crippen LogP contribution in [-0.2, 0) is 15.3 Å². The summed E-state index contributed by atoms with van der Waals surface area (Å²) in [5, 5.41) is 11.6. The Balaban J connectivity index is 1.59. The molecule has 0 aliphatic carbocycles. The molecule has 6 heteroatoms. The number of carboxylic acids is 1. The van der Waals surface area contributed by atoms with Crippen molar-refractivity contribution in [3.05, 3.63) is 65.2 Å². The SMILES string of the molecule is O=C(O)CCSCc1cccc(NC(=O)c2cccc(C3CCOC3)c2)c1. The minimum atomic E-state index is -0.782. The number of carbonyl (C=O) groups is 2. The summed E-state index contributed by atoms with van der Waals surface area (Å²) in [5.74, 6) is 0.739. The predicted octanol–water partition coefficient (Wildman–Crippen LogP) is 4.15. The second kappa shape index (κ2) is 9.58. The van der Waals surface area contributed by atoms with Gasteiger partial charge in [0, 0.05) is 35.3 Å². The van der Waals surface area contributed by atoms with E-state index in [-0.39, 0.29) is 12.3 Å². The van der Waals surface area contributed by atoms with Crippen LogP contribution in [-0.4, -0.2) is 35.9 Å². The third-order valence-electron chi connectivity index (χ3n) is 4.46. The van der Waals surface area contributed by atoms with Crippen LogP contribution in [0, 0.1) is 0 Å². The van der Waals surface area contributed by atoms with Crippen LogP contribution >= 0.6 is 11.8 Å². The van der Waals surface area contributed by atoms with Gasteiger partial charge in [-0.2, -0.15) is 11.8 Å². The Labute approximate surface area is 163 Å². The highest BCUT2D eigenvalue weighted by Crippen LogP contribution is 2.26. The molecule has 2 aromatic carbocycles. The van der Waals surface area contributed by atoms with E-state index >= 15 is 0 Å². The molecular formula is C21H23NO4S. The number of carbonyl (C=O) groups excluding carboxylic acids is 1. The molecule has 0 bridgehead atoms. The summed E-state index contributed by atoms with van der Waals surface area (Å²) < 4.78 is 5.44. The zero-order valence-corrected chi connectivity index (χ0v) is 15.8. The second-order valence-electron chi connectivity index (χ2n) is 6.54. The fourth-order valence-electron chi connectivity index (χ4n) is 3.02. The van der Waals surface area contributed by atoms with Crippen molar-refractivity contribution < 1.29 is 19.4 Å². The lowest BCUT2D eigenvalue weighted by Gasteiger charge is -2.11. The first-order valence-corrected chi connectivity index (χ1v) is 10.1. The van der Waals surface area contributed by atoms with E-state index in [1.807, 2.05) is 48.5 Å². The van der Waals surface area contributed by atoms with Crippen LogP contribution in [0.4, 0.5) is 5.69 Å². The van der Waals surface area contributed by atoms with Crippen LogP contribution in [0.2, 0.25) is 0 Å². The molecule has 0 spiro atoms. The van der Waals surface area contributed by atoms with Crippen molar-refractivity contribution >= 4 is 29.3 Å². The Morgan fingerprint density at radius 3 is 2.81 bits per heavy atom. The van der Waals surface area contributed by atoms with Gasteiger partial charge in [0.25, 0.3) is 5.91 Å². The lowest BCUT2D eigenvalue weighted by Crippen LogP contribution is -2.12. The zero-order chi connectivity index (χ0) is 19.1. The summed E-state index contributed by atoms with van der Waals surface area (Å²) in [6, 6.07) is 15.4. The molecule has 1 unspecified atom stereocenters. The van der Waals surface area contributed by atoms with Gasteiger partial charge in [0.2, 0.25) is 0 Å². The fraction of sp³-hybridized carbons (Fsp3) is 0.333. The third-order valence-corrected chi connectivity index (χ3v) is 5.49. The molecule has 1 aliphatic heterocycles. The summed E-state index contributed by atoms with van der Waals surface area (Å²) in [6.07, 6.45) is 1.15. The van der Waals surface area contributed by atoms with Gasteiger partial charge in [0.05, 0.1) is 13.0 Å². The van der Waals surface area contributed by atoms with Crippen LogP contribution in [0.25, 0.3) is 0 Å². The van der Waals surface area contributed by atoms with Gasteiger partial charge in [-0.05, 0) is 41.8 Å². The number of amides is 1. The highest BCUT2D eigenvalue weighted by molar-refractivity contribution is 7.98. The van der Waals surface area contributed by atoms with E-state index < -0.39 is 5.97 Å². The van der Waals surface area contributed by atoms with Crippen LogP contribution < -0.4 is 5.32 Å². The molecule has 3 rings (SSSR count). The first-order chi connectivity index (χ1) is 13.1. The molecular weight excluding hydrogens is 362 g/mol. The van der Waals surface area contributed by atoms with E-state index in [0.29, 0.717) is 29.6 Å². The summed E-state index contributed by atoms with van der Waals surface area (Å²) in [5.41, 5.74) is 3.58. The summed E-state index contributed by atoms with van der Waals surface area (Å²) >= 11 is 1.57. The van der Waals surface area contributed by atoms with E-state index in [9.17, 15) is 9.59 Å². The number of carboxylic acid groups (broad SMARTS) is 1. The predicted molar refractivity (Wildman–Crippen MR) is 107 cm³/mol. The first-order valence-electron chi connectivity index (χ1n) is 8.99. The molecule has 1 fully saturated rings. The van der Waals surface area contributed by atoms with Crippen LogP contribution in [0.5, 0.6) is 0 Å². The second-order valence-corrected chi connectivity index (χ2v) is 7.64. The normalized spacial score (nSPS) is 16.2. The monoisotopic (exact) mass is 385 g/mol. The third kappa shape index (κ3) is 5.84. The molecule has 2 aromatic rings. The maximum Gasteiger partial charge on any atom is 0.304 e. The minimum absolute atomic E-state index is 0.133. The number of anilines is 1. The van der Waals surface area contributed by atoms with Crippen molar-refractivity contribution in [1.29, 1.82) is 0 Å². The minimum Gasteiger partial charge on any atom is -0.481 e. The van der Waals surface area contributed by atoms with Gasteiger partial charge < -0.3 is 15.2 Å². The highest BCUT2D eigenvalue weighted by atomic mass is 32.2. The molecule has 0 aromatic heterocycles. The molecule has 0 radical (unpaired) electrons. The lowest BCUT2D eigenvalue weighted by molar-refractivity contribution is -0.136. The van der Waals surface area contributed by atoms with Crippen molar-refractivity contribution in [3.8, 4) is 0 Å². The van der Waals surface area contributed by atoms with Gasteiger partial charge >= 0.3 is 5.97 Å². The van der Waals surface area contributed by atoms with Crippen molar-refractivity contribution in [3.63, 3.8) is 0 Å². The fourth-order valence-corrected chi connectivity index (χ4v) is 3.90. The molecule has 2 N–H and O–H groups in total. The molecule has 5 nitrogen and oxygen atoms in total. The Kier molecular flexibility index (Phi) is 6.90. The van der Waals surface area contributed by atoms with Crippen molar-refractivity contribution in [2.24, 2.45) is 0 Å². The number of rotatable bonds is 8. The maximum absolute atomic E-state index is 12.6. The topological polar surface area (TPSA) is 75.6 Å². The van der Waals surface area contributed by atoms with Crippen molar-refractivity contribution in [2.75, 3.05) is 24.3 Å². The molecule has 1 saturated heterocycles. The Hall–Kier alpha value is -2.31. The Bertz CT molecular complexity index is 802. The molecule has 0 saturated carbocycles. The largest absolute Gasteiger partial charge is 0.481 e. The molecule has 27 heavy (non-hydrogen) atoms. The van der Waals surface area contributed by atoms with E-state index in [1.165, 1.54) is 0 Å². The van der Waals surface area contributed by atoms with Gasteiger partial charge in [-0.3, -0.25) is 9.59 Å². The zero-order valence-electron chi connectivity index (χ0n) is 15.0. The van der Waals surface area contributed by atoms with Crippen molar-refractivity contribution in [2.45, 2.75) is 24.5 Å². The number of aliphatic carboxylic acids is 1. The Morgan fingerprint density at radius 1 is 1.19 bits per heavy atom. The average molecular weight is 385 g/mol. The smallest absolute Gasteiger partial charge is 0.304 e. The number of benzene rings is 2. The van der Waals surface area contributed by atoms with Gasteiger partial charge in [-0.25, -0.2) is 0 Å². The number of hydrogen-bond donors (Lipinski definition) is 2. The first kappa shape index (κ1) is 19.5. The number of thioether (sulfide) groups is 1. The lowest BCUT2D eigenvalue weighted by atomic mass is 9.96. The average Bonchev–Trinajstić information content (AvgIpc) is 3.20. The quantitative estimate of drug-likeness (QED) is 0.668. The van der Waals surface area contributed by atoms with Gasteiger partial charge in [0.15, 0.2) is 0 Å². The molecule has 1 aliphatic rings. The summed E-state index contributed by atoms with van der Waals surface area (Å²) in [4.78, 5) is 23.2. The number of hydrogen-bond acceptors (Lipinski definition) is 4. The van der Waals surface area contributed by atoms with Gasteiger partial charge in [0.1, 0.15) is 0 Å². The van der Waals surface area contributed by atoms with Gasteiger partial charge in [-0.15, -0.1) is 0 Å². The van der Waals surface area contributed by atoms with Crippen LogP contribution in [0.1, 0.15) is 40.2 Å². The van der Waals surface area contributed by atoms with E-state index in [2.05, 4.69) is 5.32 Å². The van der Waals surface area contributed by atoms with Crippen LogP contribution in [0.3, 0.4) is 0 Å². The van der Waals surface area contributed by atoms with E-state index in [4.69, 9.17) is 9.84 Å². The van der Waals surface area contributed by atoms with Crippen LogP contribution in [0.15, 0.2) is 48.5 Å². The number of nitrogens with one attached hydrogen (secondary N) is 1.